The smallest absolute Gasteiger partial charge is 0.416 e. The van der Waals surface area contributed by atoms with E-state index in [1.807, 2.05) is 0 Å². The van der Waals surface area contributed by atoms with Crippen molar-refractivity contribution in [2.24, 2.45) is 39.4 Å². The second-order valence-electron chi connectivity index (χ2n) is 16.0. The molecule has 4 aliphatic rings. The Morgan fingerprint density at radius 1 is 0.953 bits per heavy atom. The van der Waals surface area contributed by atoms with Crippen molar-refractivity contribution in [1.29, 1.82) is 0 Å². The third kappa shape index (κ3) is 5.33. The Balaban J connectivity index is 1.35. The highest BCUT2D eigenvalue weighted by molar-refractivity contribution is 5.89. The van der Waals surface area contributed by atoms with Gasteiger partial charge >= 0.3 is 12.1 Å². The van der Waals surface area contributed by atoms with E-state index in [9.17, 15) is 18.0 Å². The number of ether oxygens (including phenoxy) is 1. The van der Waals surface area contributed by atoms with Crippen molar-refractivity contribution in [3.8, 4) is 0 Å². The molecule has 1 aromatic rings. The zero-order chi connectivity index (χ0) is 31.6. The van der Waals surface area contributed by atoms with Crippen LogP contribution < -0.4 is 0 Å². The van der Waals surface area contributed by atoms with Gasteiger partial charge in [0.15, 0.2) is 0 Å². The zero-order valence-corrected chi connectivity index (χ0v) is 27.7. The summed E-state index contributed by atoms with van der Waals surface area (Å²) >= 11 is 0. The van der Waals surface area contributed by atoms with Gasteiger partial charge < -0.3 is 4.74 Å². The first-order valence-corrected chi connectivity index (χ1v) is 16.7. The van der Waals surface area contributed by atoms with Crippen LogP contribution in [-0.4, -0.2) is 12.1 Å². The molecule has 0 heterocycles. The molecule has 7 atom stereocenters. The molecule has 5 rings (SSSR count). The van der Waals surface area contributed by atoms with Gasteiger partial charge in [-0.05, 0) is 136 Å². The summed E-state index contributed by atoms with van der Waals surface area (Å²) in [5.41, 5.74) is 4.75. The van der Waals surface area contributed by atoms with Gasteiger partial charge in [-0.15, -0.1) is 0 Å². The van der Waals surface area contributed by atoms with Crippen LogP contribution in [0.1, 0.15) is 136 Å². The van der Waals surface area contributed by atoms with Crippen LogP contribution >= 0.6 is 0 Å². The van der Waals surface area contributed by atoms with Gasteiger partial charge in [-0.1, -0.05) is 64.3 Å². The van der Waals surface area contributed by atoms with Crippen LogP contribution in [0.4, 0.5) is 13.2 Å². The molecule has 0 spiro atoms. The number of allylic oxidation sites excluding steroid dienone is 4. The Bertz CT molecular complexity index is 1280. The lowest BCUT2D eigenvalue weighted by Crippen LogP contribution is -2.55. The average Bonchev–Trinajstić information content (AvgIpc) is 3.21. The Labute approximate surface area is 257 Å². The third-order valence-corrected chi connectivity index (χ3v) is 13.3. The molecule has 1 aromatic carbocycles. The van der Waals surface area contributed by atoms with E-state index in [1.54, 1.807) is 11.1 Å². The largest absolute Gasteiger partial charge is 0.458 e. The standard InChI is InChI=1S/C38H53F3O2/c1-24(2)10-9-11-25(3)28-18-22-37(8)30-16-17-31-34(4,5)32(20-21-35(31,6)29(30)19-23-36(28,37)7)43-33(42)26-12-14-27(15-13-26)38(39,40)41/h10,12-15,25,28,31-32H,9,11,16-23H2,1-8H3/t25-,28?,31?,32+,35?,36?,37+/m1/s1. The van der Waals surface area contributed by atoms with E-state index in [0.717, 1.165) is 49.7 Å². The molecule has 0 saturated heterocycles. The molecule has 238 valence electrons. The van der Waals surface area contributed by atoms with Crippen molar-refractivity contribution in [1.82, 2.24) is 0 Å². The minimum absolute atomic E-state index is 0.0891. The summed E-state index contributed by atoms with van der Waals surface area (Å²) in [6, 6.07) is 4.40. The molecule has 4 unspecified atom stereocenters. The van der Waals surface area contributed by atoms with Gasteiger partial charge in [-0.3, -0.25) is 0 Å². The number of carbonyl (C=O) groups is 1. The van der Waals surface area contributed by atoms with Crippen LogP contribution in [0.3, 0.4) is 0 Å². The van der Waals surface area contributed by atoms with Gasteiger partial charge in [0.05, 0.1) is 11.1 Å². The van der Waals surface area contributed by atoms with Crippen molar-refractivity contribution >= 4 is 5.97 Å². The van der Waals surface area contributed by atoms with Crippen molar-refractivity contribution in [3.05, 3.63) is 58.2 Å². The highest BCUT2D eigenvalue weighted by Gasteiger charge is 2.63. The van der Waals surface area contributed by atoms with Gasteiger partial charge in [0.2, 0.25) is 0 Å². The number of hydrogen-bond donors (Lipinski definition) is 0. The van der Waals surface area contributed by atoms with Gasteiger partial charge in [0.25, 0.3) is 0 Å². The van der Waals surface area contributed by atoms with Gasteiger partial charge in [-0.2, -0.15) is 13.2 Å². The fraction of sp³-hybridized carbons (Fsp3) is 0.711. The lowest BCUT2D eigenvalue weighted by molar-refractivity contribution is -0.137. The number of carbonyl (C=O) groups excluding carboxylic acids is 1. The summed E-state index contributed by atoms with van der Waals surface area (Å²) < 4.78 is 45.2. The average molecular weight is 599 g/mol. The molecule has 2 saturated carbocycles. The van der Waals surface area contributed by atoms with Crippen LogP contribution in [0, 0.1) is 39.4 Å². The zero-order valence-electron chi connectivity index (χ0n) is 27.7. The van der Waals surface area contributed by atoms with Crippen LogP contribution in [0.2, 0.25) is 0 Å². The first kappa shape index (κ1) is 32.4. The second kappa shape index (κ2) is 11.1. The molecular formula is C38H53F3O2. The number of alkyl halides is 3. The number of halogens is 3. The summed E-state index contributed by atoms with van der Waals surface area (Å²) in [6.45, 7) is 19.1. The van der Waals surface area contributed by atoms with E-state index in [4.69, 9.17) is 4.74 Å². The maximum Gasteiger partial charge on any atom is 0.416 e. The van der Waals surface area contributed by atoms with E-state index >= 15 is 0 Å². The molecule has 5 heteroatoms. The molecule has 0 N–H and O–H groups in total. The molecule has 0 aromatic heterocycles. The Morgan fingerprint density at radius 2 is 1.63 bits per heavy atom. The number of hydrogen-bond acceptors (Lipinski definition) is 2. The van der Waals surface area contributed by atoms with E-state index in [1.165, 1.54) is 56.2 Å². The predicted molar refractivity (Wildman–Crippen MR) is 168 cm³/mol. The van der Waals surface area contributed by atoms with Crippen molar-refractivity contribution < 1.29 is 22.7 Å². The molecule has 43 heavy (non-hydrogen) atoms. The molecular weight excluding hydrogens is 545 g/mol. The first-order valence-electron chi connectivity index (χ1n) is 16.7. The molecule has 2 nitrogen and oxygen atoms in total. The predicted octanol–water partition coefficient (Wildman–Crippen LogP) is 11.4. The SMILES string of the molecule is CC(C)=CCC[C@@H](C)C1CC[C@@]2(C)C3=C(CCC12C)C1(C)CC[C@H](OC(=O)c2ccc(C(F)(F)F)cc2)C(C)(C)C1CC3. The highest BCUT2D eigenvalue weighted by Crippen LogP contribution is 2.72. The summed E-state index contributed by atoms with van der Waals surface area (Å²) in [5.74, 6) is 1.36. The minimum Gasteiger partial charge on any atom is -0.458 e. The van der Waals surface area contributed by atoms with Crippen LogP contribution in [0.25, 0.3) is 0 Å². The topological polar surface area (TPSA) is 26.3 Å². The van der Waals surface area contributed by atoms with Crippen LogP contribution in [-0.2, 0) is 10.9 Å². The second-order valence-corrected chi connectivity index (χ2v) is 16.0. The normalized spacial score (nSPS) is 35.8. The quantitative estimate of drug-likeness (QED) is 0.240. The van der Waals surface area contributed by atoms with E-state index in [-0.39, 0.29) is 27.9 Å². The van der Waals surface area contributed by atoms with Gasteiger partial charge in [0.1, 0.15) is 6.10 Å². The number of fused-ring (bicyclic) bond motifs is 4. The lowest BCUT2D eigenvalue weighted by atomic mass is 9.43. The maximum atomic E-state index is 13.1. The van der Waals surface area contributed by atoms with Crippen LogP contribution in [0.5, 0.6) is 0 Å². The molecule has 0 amide bonds. The molecule has 4 aliphatic carbocycles. The van der Waals surface area contributed by atoms with Gasteiger partial charge in [-0.25, -0.2) is 4.79 Å². The van der Waals surface area contributed by atoms with Gasteiger partial charge in [0, 0.05) is 5.41 Å². The molecule has 0 bridgehead atoms. The first-order chi connectivity index (χ1) is 19.9. The number of benzene rings is 1. The van der Waals surface area contributed by atoms with Crippen molar-refractivity contribution in [2.45, 2.75) is 132 Å². The summed E-state index contributed by atoms with van der Waals surface area (Å²) in [7, 11) is 0. The van der Waals surface area contributed by atoms with E-state index < -0.39 is 17.7 Å². The fourth-order valence-corrected chi connectivity index (χ4v) is 10.7. The molecule has 0 radical (unpaired) electrons. The van der Waals surface area contributed by atoms with E-state index in [0.29, 0.717) is 11.3 Å². The monoisotopic (exact) mass is 598 g/mol. The summed E-state index contributed by atoms with van der Waals surface area (Å²) in [4.78, 5) is 13.1. The van der Waals surface area contributed by atoms with E-state index in [2.05, 4.69) is 61.5 Å². The summed E-state index contributed by atoms with van der Waals surface area (Å²) in [5, 5.41) is 0. The third-order valence-electron chi connectivity index (χ3n) is 13.3. The molecule has 2 fully saturated rings. The Morgan fingerprint density at radius 3 is 2.26 bits per heavy atom. The lowest BCUT2D eigenvalue weighted by Gasteiger charge is -2.62. The maximum absolute atomic E-state index is 13.1. The fourth-order valence-electron chi connectivity index (χ4n) is 10.7. The van der Waals surface area contributed by atoms with Crippen molar-refractivity contribution in [3.63, 3.8) is 0 Å². The number of esters is 1. The highest BCUT2D eigenvalue weighted by atomic mass is 19.4. The molecule has 0 aliphatic heterocycles. The number of rotatable bonds is 6. The van der Waals surface area contributed by atoms with Crippen molar-refractivity contribution in [2.75, 3.05) is 0 Å². The summed E-state index contributed by atoms with van der Waals surface area (Å²) in [6.07, 6.45) is 9.21. The van der Waals surface area contributed by atoms with Crippen LogP contribution in [0.15, 0.2) is 47.1 Å². The minimum atomic E-state index is -4.43. The Kier molecular flexibility index (Phi) is 8.34. The Hall–Kier alpha value is -2.04.